The van der Waals surface area contributed by atoms with Gasteiger partial charge >= 0.3 is 0 Å². The molecule has 0 amide bonds. The van der Waals surface area contributed by atoms with Gasteiger partial charge in [0.15, 0.2) is 0 Å². The molecule has 98 valence electrons. The van der Waals surface area contributed by atoms with Crippen molar-refractivity contribution < 1.29 is 0 Å². The predicted molar refractivity (Wildman–Crippen MR) is 72.1 cm³/mol. The zero-order valence-electron chi connectivity index (χ0n) is 11.3. The van der Waals surface area contributed by atoms with E-state index in [1.165, 1.54) is 64.6 Å². The van der Waals surface area contributed by atoms with Crippen LogP contribution in [-0.2, 0) is 0 Å². The molecule has 0 aromatic rings. The zero-order chi connectivity index (χ0) is 11.7. The van der Waals surface area contributed by atoms with Gasteiger partial charge in [0.2, 0.25) is 0 Å². The molecule has 3 aliphatic rings. The lowest BCUT2D eigenvalue weighted by atomic mass is 9.82. The minimum Gasteiger partial charge on any atom is -0.310 e. The Morgan fingerprint density at radius 2 is 1.94 bits per heavy atom. The Morgan fingerprint density at radius 1 is 1.06 bits per heavy atom. The first kappa shape index (κ1) is 12.0. The van der Waals surface area contributed by atoms with Gasteiger partial charge in [0.05, 0.1) is 0 Å². The minimum atomic E-state index is 0.809. The van der Waals surface area contributed by atoms with Crippen LogP contribution in [0.5, 0.6) is 0 Å². The van der Waals surface area contributed by atoms with E-state index in [-0.39, 0.29) is 0 Å². The van der Waals surface area contributed by atoms with Gasteiger partial charge in [-0.2, -0.15) is 0 Å². The first-order valence-electron chi connectivity index (χ1n) is 7.78. The summed E-state index contributed by atoms with van der Waals surface area (Å²) < 4.78 is 0. The van der Waals surface area contributed by atoms with Gasteiger partial charge in [0.25, 0.3) is 0 Å². The van der Waals surface area contributed by atoms with Gasteiger partial charge in [-0.3, -0.25) is 0 Å². The molecule has 2 saturated heterocycles. The maximum absolute atomic E-state index is 3.79. The smallest absolute Gasteiger partial charge is 0.0198 e. The van der Waals surface area contributed by atoms with Crippen LogP contribution in [0.25, 0.3) is 0 Å². The van der Waals surface area contributed by atoms with Gasteiger partial charge in [-0.1, -0.05) is 19.8 Å². The highest BCUT2D eigenvalue weighted by molar-refractivity contribution is 4.90. The van der Waals surface area contributed by atoms with Crippen LogP contribution in [0.4, 0.5) is 0 Å². The Kier molecular flexibility index (Phi) is 3.72. The van der Waals surface area contributed by atoms with E-state index in [1.807, 2.05) is 0 Å². The third kappa shape index (κ3) is 3.03. The molecule has 1 aliphatic carbocycles. The van der Waals surface area contributed by atoms with E-state index in [2.05, 4.69) is 17.1 Å². The standard InChI is InChI=1S/C15H28N2/c1-12-3-2-4-13(9-12)10-17-8-7-14-5-6-15(11-17)16-14/h12-16H,2-11H2,1H3. The summed E-state index contributed by atoms with van der Waals surface area (Å²) in [6, 6.07) is 1.65. The van der Waals surface area contributed by atoms with E-state index in [0.29, 0.717) is 0 Å². The number of nitrogens with zero attached hydrogens (tertiary/aromatic N) is 1. The van der Waals surface area contributed by atoms with Gasteiger partial charge < -0.3 is 10.2 Å². The quantitative estimate of drug-likeness (QED) is 0.793. The zero-order valence-corrected chi connectivity index (χ0v) is 11.3. The molecule has 2 heteroatoms. The van der Waals surface area contributed by atoms with Crippen LogP contribution < -0.4 is 5.32 Å². The molecular formula is C15H28N2. The van der Waals surface area contributed by atoms with Crippen molar-refractivity contribution in [1.82, 2.24) is 10.2 Å². The normalized spacial score (nSPS) is 43.6. The highest BCUT2D eigenvalue weighted by atomic mass is 15.2. The van der Waals surface area contributed by atoms with Crippen LogP contribution in [0.3, 0.4) is 0 Å². The van der Waals surface area contributed by atoms with Crippen molar-refractivity contribution in [3.05, 3.63) is 0 Å². The molecule has 2 heterocycles. The fourth-order valence-corrected chi connectivity index (χ4v) is 4.27. The van der Waals surface area contributed by atoms with Crippen molar-refractivity contribution in [1.29, 1.82) is 0 Å². The molecule has 1 saturated carbocycles. The maximum atomic E-state index is 3.79. The molecule has 2 nitrogen and oxygen atoms in total. The lowest BCUT2D eigenvalue weighted by Crippen LogP contribution is -2.38. The van der Waals surface area contributed by atoms with E-state index in [4.69, 9.17) is 0 Å². The van der Waals surface area contributed by atoms with Gasteiger partial charge in [0.1, 0.15) is 0 Å². The SMILES string of the molecule is CC1CCCC(CN2CCC3CCC(C2)N3)C1. The fourth-order valence-electron chi connectivity index (χ4n) is 4.27. The van der Waals surface area contributed by atoms with Gasteiger partial charge in [-0.05, 0) is 50.5 Å². The second-order valence-electron chi connectivity index (χ2n) is 6.82. The molecular weight excluding hydrogens is 208 g/mol. The fraction of sp³-hybridized carbons (Fsp3) is 1.00. The van der Waals surface area contributed by atoms with Crippen molar-refractivity contribution in [2.24, 2.45) is 11.8 Å². The summed E-state index contributed by atoms with van der Waals surface area (Å²) in [6.45, 7) is 6.49. The lowest BCUT2D eigenvalue weighted by Gasteiger charge is -2.32. The van der Waals surface area contributed by atoms with Gasteiger partial charge in [-0.15, -0.1) is 0 Å². The molecule has 0 spiro atoms. The molecule has 17 heavy (non-hydrogen) atoms. The molecule has 3 rings (SSSR count). The minimum absolute atomic E-state index is 0.809. The summed E-state index contributed by atoms with van der Waals surface area (Å²) in [6.07, 6.45) is 10.2. The second kappa shape index (κ2) is 5.27. The number of rotatable bonds is 2. The maximum Gasteiger partial charge on any atom is 0.0198 e. The van der Waals surface area contributed by atoms with E-state index < -0.39 is 0 Å². The van der Waals surface area contributed by atoms with Crippen molar-refractivity contribution in [3.63, 3.8) is 0 Å². The molecule has 0 aromatic heterocycles. The van der Waals surface area contributed by atoms with E-state index in [1.54, 1.807) is 0 Å². The van der Waals surface area contributed by atoms with E-state index in [9.17, 15) is 0 Å². The summed E-state index contributed by atoms with van der Waals surface area (Å²) >= 11 is 0. The average Bonchev–Trinajstić information content (AvgIpc) is 2.63. The molecule has 0 radical (unpaired) electrons. The van der Waals surface area contributed by atoms with Crippen LogP contribution in [0, 0.1) is 11.8 Å². The Hall–Kier alpha value is -0.0800. The first-order chi connectivity index (χ1) is 8.29. The number of likely N-dealkylation sites (tertiary alicyclic amines) is 1. The Bertz CT molecular complexity index is 253. The summed E-state index contributed by atoms with van der Waals surface area (Å²) in [5, 5.41) is 3.79. The predicted octanol–water partition coefficient (Wildman–Crippen LogP) is 2.64. The first-order valence-corrected chi connectivity index (χ1v) is 7.78. The van der Waals surface area contributed by atoms with E-state index in [0.717, 1.165) is 23.9 Å². The highest BCUT2D eigenvalue weighted by Crippen LogP contribution is 2.30. The van der Waals surface area contributed by atoms with E-state index >= 15 is 0 Å². The van der Waals surface area contributed by atoms with Crippen molar-refractivity contribution in [2.75, 3.05) is 19.6 Å². The largest absolute Gasteiger partial charge is 0.310 e. The van der Waals surface area contributed by atoms with Gasteiger partial charge in [-0.25, -0.2) is 0 Å². The second-order valence-corrected chi connectivity index (χ2v) is 6.82. The molecule has 4 atom stereocenters. The topological polar surface area (TPSA) is 15.3 Å². The Labute approximate surface area is 106 Å². The molecule has 2 aliphatic heterocycles. The molecule has 1 N–H and O–H groups in total. The van der Waals surface area contributed by atoms with Crippen LogP contribution >= 0.6 is 0 Å². The van der Waals surface area contributed by atoms with Crippen molar-refractivity contribution in [2.45, 2.75) is 64.0 Å². The third-order valence-corrected chi connectivity index (χ3v) is 5.17. The summed E-state index contributed by atoms with van der Waals surface area (Å²) in [5.74, 6) is 1.98. The van der Waals surface area contributed by atoms with Crippen molar-refractivity contribution >= 4 is 0 Å². The van der Waals surface area contributed by atoms with Crippen LogP contribution in [0.15, 0.2) is 0 Å². The monoisotopic (exact) mass is 236 g/mol. The highest BCUT2D eigenvalue weighted by Gasteiger charge is 2.30. The van der Waals surface area contributed by atoms with Crippen LogP contribution in [0.2, 0.25) is 0 Å². The lowest BCUT2D eigenvalue weighted by molar-refractivity contribution is 0.173. The third-order valence-electron chi connectivity index (χ3n) is 5.17. The molecule has 2 bridgehead atoms. The van der Waals surface area contributed by atoms with Crippen molar-refractivity contribution in [3.8, 4) is 0 Å². The number of nitrogens with one attached hydrogen (secondary N) is 1. The van der Waals surface area contributed by atoms with Gasteiger partial charge in [0, 0.05) is 25.2 Å². The molecule has 0 aromatic carbocycles. The summed E-state index contributed by atoms with van der Waals surface area (Å²) in [4.78, 5) is 2.76. The number of hydrogen-bond acceptors (Lipinski definition) is 2. The summed E-state index contributed by atoms with van der Waals surface area (Å²) in [7, 11) is 0. The average molecular weight is 236 g/mol. The van der Waals surface area contributed by atoms with Crippen LogP contribution in [0.1, 0.15) is 51.9 Å². The molecule has 4 unspecified atom stereocenters. The Morgan fingerprint density at radius 3 is 2.82 bits per heavy atom. The Balaban J connectivity index is 1.51. The number of fused-ring (bicyclic) bond motifs is 2. The number of hydrogen-bond donors (Lipinski definition) is 1. The van der Waals surface area contributed by atoms with Crippen LogP contribution in [-0.4, -0.2) is 36.6 Å². The molecule has 3 fully saturated rings. The summed E-state index contributed by atoms with van der Waals surface area (Å²) in [5.41, 5.74) is 0.